The predicted molar refractivity (Wildman–Crippen MR) is 242 cm³/mol. The van der Waals surface area contributed by atoms with Gasteiger partial charge in [-0.05, 0) is 140 Å². The third-order valence-electron chi connectivity index (χ3n) is 11.8. The molecule has 0 N–H and O–H groups in total. The van der Waals surface area contributed by atoms with E-state index in [0.717, 1.165) is 29.0 Å². The molecule has 2 heteroatoms. The fourth-order valence-corrected chi connectivity index (χ4v) is 8.95. The zero-order valence-corrected chi connectivity index (χ0v) is 31.4. The Balaban J connectivity index is 1.02. The van der Waals surface area contributed by atoms with Crippen molar-refractivity contribution in [2.75, 3.05) is 4.90 Å². The Kier molecular flexibility index (Phi) is 7.75. The lowest BCUT2D eigenvalue weighted by molar-refractivity contribution is 1.18. The van der Waals surface area contributed by atoms with Crippen molar-refractivity contribution in [3.63, 3.8) is 0 Å². The number of hydrogen-bond acceptors (Lipinski definition) is 1. The van der Waals surface area contributed by atoms with Crippen LogP contribution in [0.1, 0.15) is 16.7 Å². The summed E-state index contributed by atoms with van der Waals surface area (Å²) in [5, 5.41) is 5.12. The topological polar surface area (TPSA) is 8.17 Å². The van der Waals surface area contributed by atoms with E-state index in [1.54, 1.807) is 0 Å². The maximum Gasteiger partial charge on any atom is 0.0547 e. The van der Waals surface area contributed by atoms with Crippen molar-refractivity contribution in [2.24, 2.45) is 0 Å². The van der Waals surface area contributed by atoms with Crippen molar-refractivity contribution in [1.82, 2.24) is 4.57 Å². The Bertz CT molecular complexity index is 3120. The fraction of sp³-hybridized carbons (Fsp3) is 0.0182. The number of aromatic nitrogens is 1. The van der Waals surface area contributed by atoms with Crippen molar-refractivity contribution in [3.05, 3.63) is 223 Å². The van der Waals surface area contributed by atoms with Gasteiger partial charge in [-0.15, -0.1) is 0 Å². The van der Waals surface area contributed by atoms with Crippen molar-refractivity contribution in [3.8, 4) is 39.1 Å². The van der Waals surface area contributed by atoms with Gasteiger partial charge in [-0.25, -0.2) is 0 Å². The maximum atomic E-state index is 3.90. The fourth-order valence-electron chi connectivity index (χ4n) is 8.95. The number of anilines is 3. The Hall–Kier alpha value is -7.42. The maximum absolute atomic E-state index is 3.90. The molecule has 0 saturated carbocycles. The Morgan fingerprint density at radius 2 is 1.02 bits per heavy atom. The van der Waals surface area contributed by atoms with Crippen molar-refractivity contribution in [2.45, 2.75) is 6.42 Å². The molecule has 0 amide bonds. The van der Waals surface area contributed by atoms with Gasteiger partial charge in [0.2, 0.25) is 0 Å². The van der Waals surface area contributed by atoms with Gasteiger partial charge in [0.05, 0.1) is 11.0 Å². The molecular formula is C55H38N2. The highest BCUT2D eigenvalue weighted by molar-refractivity contribution is 6.17. The Morgan fingerprint density at radius 1 is 0.439 bits per heavy atom. The zero-order chi connectivity index (χ0) is 37.9. The molecule has 0 radical (unpaired) electrons. The van der Waals surface area contributed by atoms with Crippen LogP contribution in [0.25, 0.3) is 77.7 Å². The van der Waals surface area contributed by atoms with E-state index in [1.165, 1.54) is 82.8 Å². The molecule has 1 heterocycles. The third kappa shape index (κ3) is 5.57. The zero-order valence-electron chi connectivity index (χ0n) is 31.4. The van der Waals surface area contributed by atoms with Crippen LogP contribution in [0, 0.1) is 0 Å². The molecule has 0 spiro atoms. The predicted octanol–water partition coefficient (Wildman–Crippen LogP) is 15.0. The van der Waals surface area contributed by atoms with Crippen LogP contribution in [0.2, 0.25) is 0 Å². The van der Waals surface area contributed by atoms with Gasteiger partial charge in [-0.2, -0.15) is 0 Å². The Morgan fingerprint density at radius 3 is 1.72 bits per heavy atom. The second kappa shape index (κ2) is 13.4. The summed E-state index contributed by atoms with van der Waals surface area (Å²) in [7, 11) is 0. The van der Waals surface area contributed by atoms with Gasteiger partial charge in [0.1, 0.15) is 0 Å². The summed E-state index contributed by atoms with van der Waals surface area (Å²) in [5.41, 5.74) is 18.4. The molecule has 0 bridgehead atoms. The summed E-state index contributed by atoms with van der Waals surface area (Å²) < 4.78 is 2.43. The molecule has 0 fully saturated rings. The highest BCUT2D eigenvalue weighted by Crippen LogP contribution is 2.45. The van der Waals surface area contributed by atoms with E-state index in [1.807, 2.05) is 6.08 Å². The van der Waals surface area contributed by atoms with Gasteiger partial charge >= 0.3 is 0 Å². The molecule has 1 aromatic heterocycles. The first-order valence-electron chi connectivity index (χ1n) is 19.7. The molecule has 0 saturated heterocycles. The molecule has 10 aromatic rings. The third-order valence-corrected chi connectivity index (χ3v) is 11.8. The normalized spacial score (nSPS) is 11.9. The standard InChI is InChI=1S/C55H38N2/c1-2-37-17-19-38(20-18-37)39-23-28-47(29-24-39)56(45-12-5-3-6-13-45)48-30-25-40(26-31-48)41-27-32-53-51(34-41)52-36-50-43(35-54(52)57(53)46-14-7-4-8-15-46)21-22-44-33-42-11-9-10-16-49(42)55(44)50/h2-32,34-36H,1,33H2. The summed E-state index contributed by atoms with van der Waals surface area (Å²) in [6, 6.07) is 73.1. The van der Waals surface area contributed by atoms with Crippen LogP contribution >= 0.6 is 0 Å². The van der Waals surface area contributed by atoms with Crippen molar-refractivity contribution in [1.29, 1.82) is 0 Å². The number of fused-ring (bicyclic) bond motifs is 8. The largest absolute Gasteiger partial charge is 0.311 e. The van der Waals surface area contributed by atoms with Crippen LogP contribution < -0.4 is 4.90 Å². The lowest BCUT2D eigenvalue weighted by Gasteiger charge is -2.26. The van der Waals surface area contributed by atoms with E-state index in [9.17, 15) is 0 Å². The van der Waals surface area contributed by atoms with Gasteiger partial charge in [0.25, 0.3) is 0 Å². The van der Waals surface area contributed by atoms with E-state index in [2.05, 4.69) is 216 Å². The molecule has 2 nitrogen and oxygen atoms in total. The van der Waals surface area contributed by atoms with Crippen LogP contribution in [0.3, 0.4) is 0 Å². The van der Waals surface area contributed by atoms with E-state index in [-0.39, 0.29) is 0 Å². The molecule has 9 aromatic carbocycles. The minimum absolute atomic E-state index is 0.989. The molecule has 1 aliphatic rings. The van der Waals surface area contributed by atoms with Gasteiger partial charge in [0, 0.05) is 33.5 Å². The first-order chi connectivity index (χ1) is 28.2. The number of benzene rings is 9. The quantitative estimate of drug-likeness (QED) is 0.159. The highest BCUT2D eigenvalue weighted by atomic mass is 15.1. The van der Waals surface area contributed by atoms with Gasteiger partial charge < -0.3 is 9.47 Å². The number of rotatable bonds is 7. The first kappa shape index (κ1) is 33.0. The molecule has 0 aliphatic heterocycles. The lowest BCUT2D eigenvalue weighted by atomic mass is 9.95. The van der Waals surface area contributed by atoms with Gasteiger partial charge in [-0.1, -0.05) is 140 Å². The van der Waals surface area contributed by atoms with E-state index >= 15 is 0 Å². The van der Waals surface area contributed by atoms with Gasteiger partial charge in [-0.3, -0.25) is 0 Å². The minimum Gasteiger partial charge on any atom is -0.311 e. The van der Waals surface area contributed by atoms with E-state index in [4.69, 9.17) is 0 Å². The minimum atomic E-state index is 0.989. The molecule has 11 rings (SSSR count). The average molecular weight is 727 g/mol. The number of para-hydroxylation sites is 2. The van der Waals surface area contributed by atoms with Crippen LogP contribution in [0.5, 0.6) is 0 Å². The average Bonchev–Trinajstić information content (AvgIpc) is 3.82. The second-order valence-corrected chi connectivity index (χ2v) is 15.0. The molecule has 1 aliphatic carbocycles. The smallest absolute Gasteiger partial charge is 0.0547 e. The number of hydrogen-bond donors (Lipinski definition) is 0. The molecule has 0 unspecified atom stereocenters. The van der Waals surface area contributed by atoms with Crippen LogP contribution in [0.15, 0.2) is 207 Å². The van der Waals surface area contributed by atoms with Crippen molar-refractivity contribution >= 4 is 55.7 Å². The molecular weight excluding hydrogens is 689 g/mol. The Labute approximate surface area is 332 Å². The van der Waals surface area contributed by atoms with Crippen molar-refractivity contribution < 1.29 is 0 Å². The molecule has 0 atom stereocenters. The van der Waals surface area contributed by atoms with Crippen LogP contribution in [-0.4, -0.2) is 4.57 Å². The van der Waals surface area contributed by atoms with Crippen LogP contribution in [-0.2, 0) is 6.42 Å². The monoisotopic (exact) mass is 726 g/mol. The second-order valence-electron chi connectivity index (χ2n) is 15.0. The molecule has 268 valence electrons. The summed E-state index contributed by atoms with van der Waals surface area (Å²) in [5.74, 6) is 0. The first-order valence-corrected chi connectivity index (χ1v) is 19.7. The summed E-state index contributed by atoms with van der Waals surface area (Å²) in [6.07, 6.45) is 2.87. The number of nitrogens with zero attached hydrogens (tertiary/aromatic N) is 2. The summed E-state index contributed by atoms with van der Waals surface area (Å²) in [6.45, 7) is 3.90. The summed E-state index contributed by atoms with van der Waals surface area (Å²) in [4.78, 5) is 2.33. The van der Waals surface area contributed by atoms with Gasteiger partial charge in [0.15, 0.2) is 0 Å². The highest BCUT2D eigenvalue weighted by Gasteiger charge is 2.22. The summed E-state index contributed by atoms with van der Waals surface area (Å²) >= 11 is 0. The molecule has 57 heavy (non-hydrogen) atoms. The van der Waals surface area contributed by atoms with Crippen LogP contribution in [0.4, 0.5) is 17.1 Å². The van der Waals surface area contributed by atoms with E-state index < -0.39 is 0 Å². The lowest BCUT2D eigenvalue weighted by Crippen LogP contribution is -2.09. The SMILES string of the molecule is C=Cc1ccc(-c2ccc(N(c3ccccc3)c3ccc(-c4ccc5c(c4)c4cc6c7c(ccc6cc4n5-c4ccccc4)Cc4ccccc4-7)cc3)cc2)cc1. The van der Waals surface area contributed by atoms with E-state index in [0.29, 0.717) is 0 Å².